The molecule has 0 spiro atoms. The summed E-state index contributed by atoms with van der Waals surface area (Å²) in [7, 11) is -3.65. The van der Waals surface area contributed by atoms with Crippen LogP contribution in [0.1, 0.15) is 37.7 Å². The monoisotopic (exact) mass is 436 g/mol. The summed E-state index contributed by atoms with van der Waals surface area (Å²) in [6.45, 7) is 1.66. The predicted molar refractivity (Wildman–Crippen MR) is 114 cm³/mol. The van der Waals surface area contributed by atoms with Crippen molar-refractivity contribution in [2.45, 2.75) is 50.0 Å². The lowest BCUT2D eigenvalue weighted by molar-refractivity contribution is -0.118. The molecule has 0 aromatic heterocycles. The summed E-state index contributed by atoms with van der Waals surface area (Å²) in [6, 6.07) is 11.6. The average molecular weight is 437 g/mol. The minimum atomic E-state index is -3.65. The van der Waals surface area contributed by atoms with Crippen LogP contribution in [0.2, 0.25) is 5.02 Å². The van der Waals surface area contributed by atoms with Crippen molar-refractivity contribution in [3.05, 3.63) is 53.1 Å². The number of hydrogen-bond acceptors (Lipinski definition) is 4. The highest BCUT2D eigenvalue weighted by Crippen LogP contribution is 2.28. The van der Waals surface area contributed by atoms with Crippen LogP contribution in [-0.4, -0.2) is 27.0 Å². The Hall–Kier alpha value is -2.09. The fourth-order valence-corrected chi connectivity index (χ4v) is 4.95. The molecule has 2 aromatic rings. The number of hydrogen-bond donors (Lipinski definition) is 2. The van der Waals surface area contributed by atoms with E-state index >= 15 is 0 Å². The van der Waals surface area contributed by atoms with E-state index in [4.69, 9.17) is 16.3 Å². The number of anilines is 1. The van der Waals surface area contributed by atoms with E-state index in [1.165, 1.54) is 18.2 Å². The third-order valence-corrected chi connectivity index (χ3v) is 6.73. The largest absolute Gasteiger partial charge is 0.482 e. The zero-order chi connectivity index (χ0) is 20.9. The summed E-state index contributed by atoms with van der Waals surface area (Å²) in [5.74, 6) is -0.0748. The van der Waals surface area contributed by atoms with E-state index in [9.17, 15) is 13.2 Å². The lowest BCUT2D eigenvalue weighted by atomic mass is 9.96. The highest BCUT2D eigenvalue weighted by atomic mass is 35.5. The third-order valence-electron chi connectivity index (χ3n) is 4.92. The summed E-state index contributed by atoms with van der Waals surface area (Å²) in [5, 5.41) is 2.91. The van der Waals surface area contributed by atoms with Gasteiger partial charge in [-0.15, -0.1) is 0 Å². The van der Waals surface area contributed by atoms with E-state index < -0.39 is 10.0 Å². The second kappa shape index (κ2) is 9.61. The van der Waals surface area contributed by atoms with E-state index in [-0.39, 0.29) is 34.2 Å². The van der Waals surface area contributed by atoms with Gasteiger partial charge in [-0.1, -0.05) is 49.1 Å². The number of para-hydroxylation sites is 1. The van der Waals surface area contributed by atoms with Crippen LogP contribution in [-0.2, 0) is 14.8 Å². The van der Waals surface area contributed by atoms with Crippen molar-refractivity contribution < 1.29 is 17.9 Å². The maximum Gasteiger partial charge on any atom is 0.262 e. The summed E-state index contributed by atoms with van der Waals surface area (Å²) in [6.07, 6.45) is 4.92. The quantitative estimate of drug-likeness (QED) is 0.678. The Labute approximate surface area is 176 Å². The summed E-state index contributed by atoms with van der Waals surface area (Å²) >= 11 is 6.20. The van der Waals surface area contributed by atoms with Gasteiger partial charge >= 0.3 is 0 Å². The average Bonchev–Trinajstić information content (AvgIpc) is 2.69. The molecule has 0 heterocycles. The minimum absolute atomic E-state index is 0.0337. The van der Waals surface area contributed by atoms with Gasteiger partial charge in [0, 0.05) is 11.7 Å². The Bertz CT molecular complexity index is 972. The maximum absolute atomic E-state index is 12.6. The molecule has 0 saturated heterocycles. The van der Waals surface area contributed by atoms with Crippen LogP contribution in [0.3, 0.4) is 0 Å². The first-order valence-corrected chi connectivity index (χ1v) is 11.5. The van der Waals surface area contributed by atoms with Crippen LogP contribution in [0, 0.1) is 6.92 Å². The van der Waals surface area contributed by atoms with Gasteiger partial charge in [0.05, 0.1) is 9.92 Å². The molecule has 156 valence electrons. The summed E-state index contributed by atoms with van der Waals surface area (Å²) in [5.41, 5.74) is 1.65. The molecule has 1 aliphatic carbocycles. The molecule has 1 saturated carbocycles. The zero-order valence-corrected chi connectivity index (χ0v) is 17.9. The van der Waals surface area contributed by atoms with Gasteiger partial charge < -0.3 is 10.1 Å². The number of ether oxygens (including phenoxy) is 1. The van der Waals surface area contributed by atoms with Crippen LogP contribution in [0.5, 0.6) is 5.75 Å². The fraction of sp³-hybridized carbons (Fsp3) is 0.381. The van der Waals surface area contributed by atoms with Gasteiger partial charge in [-0.3, -0.25) is 4.79 Å². The number of sulfonamides is 1. The van der Waals surface area contributed by atoms with Crippen LogP contribution >= 0.6 is 11.6 Å². The van der Waals surface area contributed by atoms with Crippen molar-refractivity contribution in [1.29, 1.82) is 0 Å². The maximum atomic E-state index is 12.6. The van der Waals surface area contributed by atoms with Crippen molar-refractivity contribution in [2.24, 2.45) is 0 Å². The van der Waals surface area contributed by atoms with E-state index in [0.29, 0.717) is 5.69 Å². The number of carbonyl (C=O) groups excluding carboxylic acids is 1. The van der Waals surface area contributed by atoms with Crippen molar-refractivity contribution in [2.75, 3.05) is 11.9 Å². The Morgan fingerprint density at radius 3 is 2.55 bits per heavy atom. The normalized spacial score (nSPS) is 15.1. The van der Waals surface area contributed by atoms with Crippen molar-refractivity contribution in [3.63, 3.8) is 0 Å². The first-order valence-electron chi connectivity index (χ1n) is 9.65. The highest BCUT2D eigenvalue weighted by Gasteiger charge is 2.22. The van der Waals surface area contributed by atoms with Crippen LogP contribution in [0.15, 0.2) is 47.4 Å². The molecule has 0 atom stereocenters. The van der Waals surface area contributed by atoms with Gasteiger partial charge in [-0.2, -0.15) is 0 Å². The van der Waals surface area contributed by atoms with E-state index in [2.05, 4.69) is 10.0 Å². The number of amides is 1. The lowest BCUT2D eigenvalue weighted by Gasteiger charge is -2.22. The van der Waals surface area contributed by atoms with Crippen molar-refractivity contribution >= 4 is 33.2 Å². The lowest BCUT2D eigenvalue weighted by Crippen LogP contribution is -2.36. The number of aryl methyl sites for hydroxylation is 1. The number of carbonyl (C=O) groups is 1. The van der Waals surface area contributed by atoms with Crippen molar-refractivity contribution in [1.82, 2.24) is 4.72 Å². The first-order chi connectivity index (χ1) is 13.8. The molecule has 1 fully saturated rings. The van der Waals surface area contributed by atoms with Crippen molar-refractivity contribution in [3.8, 4) is 5.75 Å². The summed E-state index contributed by atoms with van der Waals surface area (Å²) < 4.78 is 33.4. The molecule has 6 nitrogen and oxygen atoms in total. The molecule has 0 radical (unpaired) electrons. The molecule has 1 aliphatic rings. The second-order valence-corrected chi connectivity index (χ2v) is 9.32. The molecule has 29 heavy (non-hydrogen) atoms. The smallest absolute Gasteiger partial charge is 0.262 e. The molecular weight excluding hydrogens is 412 g/mol. The summed E-state index contributed by atoms with van der Waals surface area (Å²) in [4.78, 5) is 12.2. The number of benzene rings is 2. The van der Waals surface area contributed by atoms with Crippen LogP contribution in [0.25, 0.3) is 0 Å². The number of nitrogens with one attached hydrogen (secondary N) is 2. The van der Waals surface area contributed by atoms with Gasteiger partial charge in [-0.25, -0.2) is 13.1 Å². The van der Waals surface area contributed by atoms with Gasteiger partial charge in [0.15, 0.2) is 6.61 Å². The topological polar surface area (TPSA) is 84.5 Å². The van der Waals surface area contributed by atoms with Crippen LogP contribution < -0.4 is 14.8 Å². The van der Waals surface area contributed by atoms with Gasteiger partial charge in [0.1, 0.15) is 5.75 Å². The minimum Gasteiger partial charge on any atom is -0.482 e. The first kappa shape index (κ1) is 21.6. The van der Waals surface area contributed by atoms with E-state index in [1.54, 1.807) is 6.07 Å². The molecule has 2 N–H and O–H groups in total. The van der Waals surface area contributed by atoms with Gasteiger partial charge in [-0.05, 0) is 49.6 Å². The fourth-order valence-electron chi connectivity index (χ4n) is 3.32. The molecule has 0 unspecified atom stereocenters. The Kier molecular flexibility index (Phi) is 7.16. The number of halogens is 1. The third kappa shape index (κ3) is 5.95. The molecule has 2 aromatic carbocycles. The zero-order valence-electron chi connectivity index (χ0n) is 16.3. The van der Waals surface area contributed by atoms with Gasteiger partial charge in [0.25, 0.3) is 5.91 Å². The van der Waals surface area contributed by atoms with Gasteiger partial charge in [0.2, 0.25) is 10.0 Å². The Balaban J connectivity index is 1.60. The number of rotatable bonds is 7. The molecule has 0 aliphatic heterocycles. The molecule has 1 amide bonds. The Morgan fingerprint density at radius 2 is 1.86 bits per heavy atom. The second-order valence-electron chi connectivity index (χ2n) is 7.20. The molecule has 0 bridgehead atoms. The Morgan fingerprint density at radius 1 is 1.14 bits per heavy atom. The van der Waals surface area contributed by atoms with E-state index in [1.807, 2.05) is 25.1 Å². The van der Waals surface area contributed by atoms with E-state index in [0.717, 1.165) is 37.7 Å². The molecule has 3 rings (SSSR count). The van der Waals surface area contributed by atoms with Crippen LogP contribution in [0.4, 0.5) is 5.69 Å². The molecular formula is C21H25ClN2O4S. The standard InChI is InChI=1S/C21H25ClN2O4S/c1-15-7-5-6-10-19(15)23-21(25)14-28-20-12-11-17(13-18(20)22)29(26,27)24-16-8-3-2-4-9-16/h5-7,10-13,16,24H,2-4,8-9,14H2,1H3,(H,23,25). The molecule has 8 heteroatoms. The SMILES string of the molecule is Cc1ccccc1NC(=O)COc1ccc(S(=O)(=O)NC2CCCCC2)cc1Cl. The predicted octanol–water partition coefficient (Wildman–Crippen LogP) is 4.28. The highest BCUT2D eigenvalue weighted by molar-refractivity contribution is 7.89.